The van der Waals surface area contributed by atoms with Gasteiger partial charge in [0.1, 0.15) is 6.54 Å². The Hall–Kier alpha value is -1.75. The molecule has 1 aliphatic heterocycles. The highest BCUT2D eigenvalue weighted by Gasteiger charge is 2.25. The molecule has 1 saturated heterocycles. The molecule has 0 bridgehead atoms. The largest absolute Gasteiger partial charge is 0.480 e. The Morgan fingerprint density at radius 2 is 2.21 bits per heavy atom. The lowest BCUT2D eigenvalue weighted by Gasteiger charge is -2.27. The number of anilines is 2. The van der Waals surface area contributed by atoms with Crippen molar-refractivity contribution in [2.24, 2.45) is 0 Å². The molecule has 5 heteroatoms. The molecular formula is C14H20N2O3. The molecule has 1 aromatic carbocycles. The van der Waals surface area contributed by atoms with Crippen LogP contribution in [0.25, 0.3) is 0 Å². The standard InChI is InChI=1S/C14H20N2O3/c1-10-6-7-11(19-10)8-16(9-14(17)18)13-5-3-2-4-12(13)15/h2-5,10-11H,6-9,15H2,1H3,(H,17,18). The fourth-order valence-electron chi connectivity index (χ4n) is 2.45. The van der Waals surface area contributed by atoms with E-state index in [2.05, 4.69) is 0 Å². The number of para-hydroxylation sites is 2. The van der Waals surface area contributed by atoms with Gasteiger partial charge in [0.15, 0.2) is 0 Å². The minimum absolute atomic E-state index is 0.0670. The lowest BCUT2D eigenvalue weighted by Crippen LogP contribution is -2.37. The molecular weight excluding hydrogens is 244 g/mol. The molecule has 0 aliphatic carbocycles. The molecule has 0 spiro atoms. The maximum absolute atomic E-state index is 11.0. The topological polar surface area (TPSA) is 75.8 Å². The van der Waals surface area contributed by atoms with Gasteiger partial charge in [-0.1, -0.05) is 12.1 Å². The smallest absolute Gasteiger partial charge is 0.323 e. The monoisotopic (exact) mass is 264 g/mol. The molecule has 104 valence electrons. The van der Waals surface area contributed by atoms with E-state index in [9.17, 15) is 4.79 Å². The number of nitrogens with zero attached hydrogens (tertiary/aromatic N) is 1. The SMILES string of the molecule is CC1CCC(CN(CC(=O)O)c2ccccc2N)O1. The fourth-order valence-corrected chi connectivity index (χ4v) is 2.45. The number of hydrogen-bond donors (Lipinski definition) is 2. The zero-order chi connectivity index (χ0) is 13.8. The summed E-state index contributed by atoms with van der Waals surface area (Å²) in [6, 6.07) is 7.32. The summed E-state index contributed by atoms with van der Waals surface area (Å²) in [5.41, 5.74) is 7.27. The first-order valence-corrected chi connectivity index (χ1v) is 6.53. The fraction of sp³-hybridized carbons (Fsp3) is 0.500. The Bertz CT molecular complexity index is 450. The first-order chi connectivity index (χ1) is 9.06. The molecule has 0 aromatic heterocycles. The number of ether oxygens (including phenoxy) is 1. The van der Waals surface area contributed by atoms with E-state index in [0.717, 1.165) is 18.5 Å². The second kappa shape index (κ2) is 5.93. The van der Waals surface area contributed by atoms with E-state index >= 15 is 0 Å². The number of nitrogens with two attached hydrogens (primary N) is 1. The van der Waals surface area contributed by atoms with Gasteiger partial charge >= 0.3 is 5.97 Å². The van der Waals surface area contributed by atoms with Crippen molar-refractivity contribution >= 4 is 17.3 Å². The summed E-state index contributed by atoms with van der Waals surface area (Å²) < 4.78 is 5.76. The van der Waals surface area contributed by atoms with Crippen LogP contribution < -0.4 is 10.6 Å². The number of nitrogen functional groups attached to an aromatic ring is 1. The average molecular weight is 264 g/mol. The Balaban J connectivity index is 2.12. The van der Waals surface area contributed by atoms with E-state index in [1.807, 2.05) is 25.1 Å². The first-order valence-electron chi connectivity index (χ1n) is 6.53. The number of benzene rings is 1. The highest BCUT2D eigenvalue weighted by Crippen LogP contribution is 2.26. The van der Waals surface area contributed by atoms with E-state index in [1.54, 1.807) is 11.0 Å². The number of carboxylic acid groups (broad SMARTS) is 1. The summed E-state index contributed by atoms with van der Waals surface area (Å²) in [7, 11) is 0. The third kappa shape index (κ3) is 3.61. The van der Waals surface area contributed by atoms with Crippen LogP contribution in [0.2, 0.25) is 0 Å². The van der Waals surface area contributed by atoms with Crippen LogP contribution in [0.4, 0.5) is 11.4 Å². The third-order valence-corrected chi connectivity index (χ3v) is 3.35. The summed E-state index contributed by atoms with van der Waals surface area (Å²) in [4.78, 5) is 12.8. The Labute approximate surface area is 113 Å². The molecule has 1 fully saturated rings. The highest BCUT2D eigenvalue weighted by atomic mass is 16.5. The molecule has 1 aliphatic rings. The zero-order valence-corrected chi connectivity index (χ0v) is 11.1. The Kier molecular flexibility index (Phi) is 4.27. The van der Waals surface area contributed by atoms with Gasteiger partial charge in [0.05, 0.1) is 23.6 Å². The second-order valence-electron chi connectivity index (χ2n) is 4.98. The van der Waals surface area contributed by atoms with Crippen LogP contribution in [0.1, 0.15) is 19.8 Å². The summed E-state index contributed by atoms with van der Waals surface area (Å²) in [6.45, 7) is 2.53. The van der Waals surface area contributed by atoms with Gasteiger partial charge in [-0.3, -0.25) is 4.79 Å². The van der Waals surface area contributed by atoms with Crippen LogP contribution in [0.5, 0.6) is 0 Å². The lowest BCUT2D eigenvalue weighted by atomic mass is 10.1. The van der Waals surface area contributed by atoms with Gasteiger partial charge in [0, 0.05) is 6.54 Å². The summed E-state index contributed by atoms with van der Waals surface area (Å²) in [5, 5.41) is 9.04. The van der Waals surface area contributed by atoms with Gasteiger partial charge in [-0.05, 0) is 31.9 Å². The van der Waals surface area contributed by atoms with Gasteiger partial charge in [0.25, 0.3) is 0 Å². The molecule has 1 aromatic rings. The second-order valence-corrected chi connectivity index (χ2v) is 4.98. The summed E-state index contributed by atoms with van der Waals surface area (Å²) >= 11 is 0. The van der Waals surface area contributed by atoms with Crippen molar-refractivity contribution in [3.05, 3.63) is 24.3 Å². The van der Waals surface area contributed by atoms with Crippen LogP contribution in [-0.2, 0) is 9.53 Å². The Morgan fingerprint density at radius 3 is 2.79 bits per heavy atom. The highest BCUT2D eigenvalue weighted by molar-refractivity contribution is 5.77. The summed E-state index contributed by atoms with van der Waals surface area (Å²) in [6.07, 6.45) is 2.32. The van der Waals surface area contributed by atoms with Crippen molar-refractivity contribution in [3.63, 3.8) is 0 Å². The van der Waals surface area contributed by atoms with Crippen LogP contribution in [0.15, 0.2) is 24.3 Å². The van der Waals surface area contributed by atoms with Crippen LogP contribution in [0.3, 0.4) is 0 Å². The number of carbonyl (C=O) groups is 1. The van der Waals surface area contributed by atoms with Gasteiger partial charge in [-0.15, -0.1) is 0 Å². The normalized spacial score (nSPS) is 22.4. The molecule has 2 atom stereocenters. The molecule has 2 unspecified atom stereocenters. The number of hydrogen-bond acceptors (Lipinski definition) is 4. The van der Waals surface area contributed by atoms with Crippen molar-refractivity contribution in [1.82, 2.24) is 0 Å². The quantitative estimate of drug-likeness (QED) is 0.792. The molecule has 5 nitrogen and oxygen atoms in total. The minimum atomic E-state index is -0.866. The van der Waals surface area contributed by atoms with E-state index in [0.29, 0.717) is 12.2 Å². The van der Waals surface area contributed by atoms with E-state index in [1.165, 1.54) is 0 Å². The predicted molar refractivity (Wildman–Crippen MR) is 74.3 cm³/mol. The molecule has 0 radical (unpaired) electrons. The minimum Gasteiger partial charge on any atom is -0.480 e. The van der Waals surface area contributed by atoms with E-state index < -0.39 is 5.97 Å². The van der Waals surface area contributed by atoms with Gasteiger partial charge in [0.2, 0.25) is 0 Å². The molecule has 3 N–H and O–H groups in total. The zero-order valence-electron chi connectivity index (χ0n) is 11.1. The predicted octanol–water partition coefficient (Wildman–Crippen LogP) is 1.73. The lowest BCUT2D eigenvalue weighted by molar-refractivity contribution is -0.135. The maximum atomic E-state index is 11.0. The van der Waals surface area contributed by atoms with Crippen molar-refractivity contribution in [3.8, 4) is 0 Å². The molecule has 19 heavy (non-hydrogen) atoms. The average Bonchev–Trinajstić information content (AvgIpc) is 2.74. The molecule has 1 heterocycles. The van der Waals surface area contributed by atoms with Crippen LogP contribution in [-0.4, -0.2) is 36.4 Å². The van der Waals surface area contributed by atoms with E-state index in [-0.39, 0.29) is 18.8 Å². The van der Waals surface area contributed by atoms with Gasteiger partial charge in [-0.25, -0.2) is 0 Å². The number of rotatable bonds is 5. The molecule has 0 saturated carbocycles. The van der Waals surface area contributed by atoms with E-state index in [4.69, 9.17) is 15.6 Å². The van der Waals surface area contributed by atoms with Crippen molar-refractivity contribution < 1.29 is 14.6 Å². The van der Waals surface area contributed by atoms with Crippen molar-refractivity contribution in [2.45, 2.75) is 32.0 Å². The number of aliphatic carboxylic acids is 1. The molecule has 2 rings (SSSR count). The van der Waals surface area contributed by atoms with Gasteiger partial charge in [-0.2, -0.15) is 0 Å². The number of carboxylic acids is 1. The van der Waals surface area contributed by atoms with Crippen molar-refractivity contribution in [2.75, 3.05) is 23.7 Å². The molecule has 0 amide bonds. The summed E-state index contributed by atoms with van der Waals surface area (Å²) in [5.74, 6) is -0.866. The van der Waals surface area contributed by atoms with Crippen molar-refractivity contribution in [1.29, 1.82) is 0 Å². The van der Waals surface area contributed by atoms with Crippen LogP contribution >= 0.6 is 0 Å². The maximum Gasteiger partial charge on any atom is 0.323 e. The Morgan fingerprint density at radius 1 is 1.47 bits per heavy atom. The van der Waals surface area contributed by atoms with Crippen LogP contribution in [0, 0.1) is 0 Å². The van der Waals surface area contributed by atoms with Gasteiger partial charge < -0.3 is 20.5 Å². The third-order valence-electron chi connectivity index (χ3n) is 3.35. The first kappa shape index (κ1) is 13.7.